The van der Waals surface area contributed by atoms with Crippen LogP contribution in [-0.2, 0) is 18.4 Å². The summed E-state index contributed by atoms with van der Waals surface area (Å²) in [5.74, 6) is 2.13. The van der Waals surface area contributed by atoms with Crippen LogP contribution in [0.2, 0.25) is 0 Å². The lowest BCUT2D eigenvalue weighted by molar-refractivity contribution is -0.121. The number of benzene rings is 2. The summed E-state index contributed by atoms with van der Waals surface area (Å²) in [5.41, 5.74) is 2.79. The van der Waals surface area contributed by atoms with Crippen LogP contribution in [0.3, 0.4) is 0 Å². The van der Waals surface area contributed by atoms with E-state index in [0.717, 1.165) is 41.8 Å². The Kier molecular flexibility index (Phi) is 7.20. The standard InChI is InChI=1S/C31H39N5O2/c1-34-27-15-6-5-14-25(27)33-28(34)20-32-29(37)17-7-16-26-24-13-9-19-35-18-8-12-23(30(24)35)21-36(26)31(38)22-10-3-2-4-11-22/h2-6,10-11,14-15,23-24,26,30H,7-9,12-13,16-21H2,1H3,(H,32,37)/t23-,24+,26+,30-/m0/s1. The first kappa shape index (κ1) is 25.1. The Bertz CT molecular complexity index is 1290. The zero-order valence-electron chi connectivity index (χ0n) is 22.4. The monoisotopic (exact) mass is 513 g/mol. The predicted octanol–water partition coefficient (Wildman–Crippen LogP) is 4.38. The third kappa shape index (κ3) is 4.84. The lowest BCUT2D eigenvalue weighted by Gasteiger charge is -2.57. The van der Waals surface area contributed by atoms with Crippen molar-refractivity contribution in [1.82, 2.24) is 24.7 Å². The number of carbonyl (C=O) groups excluding carboxylic acids is 2. The van der Waals surface area contributed by atoms with Gasteiger partial charge in [0, 0.05) is 37.7 Å². The molecule has 200 valence electrons. The van der Waals surface area contributed by atoms with E-state index in [4.69, 9.17) is 0 Å². The first-order chi connectivity index (χ1) is 18.6. The summed E-state index contributed by atoms with van der Waals surface area (Å²) in [5, 5.41) is 3.08. The van der Waals surface area contributed by atoms with E-state index in [1.165, 1.54) is 38.8 Å². The highest BCUT2D eigenvalue weighted by molar-refractivity contribution is 5.94. The molecule has 7 nitrogen and oxygen atoms in total. The fraction of sp³-hybridized carbons (Fsp3) is 0.516. The predicted molar refractivity (Wildman–Crippen MR) is 148 cm³/mol. The molecule has 6 rings (SSSR count). The minimum Gasteiger partial charge on any atom is -0.349 e. The molecule has 2 amide bonds. The number of amides is 2. The van der Waals surface area contributed by atoms with Crippen molar-refractivity contribution in [3.05, 3.63) is 66.0 Å². The minimum atomic E-state index is 0.0506. The van der Waals surface area contributed by atoms with Gasteiger partial charge in [-0.1, -0.05) is 30.3 Å². The summed E-state index contributed by atoms with van der Waals surface area (Å²) in [6.07, 6.45) is 6.96. The first-order valence-corrected chi connectivity index (χ1v) is 14.4. The van der Waals surface area contributed by atoms with Crippen LogP contribution in [0, 0.1) is 11.8 Å². The van der Waals surface area contributed by atoms with Gasteiger partial charge in [-0.2, -0.15) is 0 Å². The van der Waals surface area contributed by atoms with Gasteiger partial charge in [-0.05, 0) is 87.7 Å². The van der Waals surface area contributed by atoms with Crippen LogP contribution in [0.5, 0.6) is 0 Å². The lowest BCUT2D eigenvalue weighted by atomic mass is 9.69. The number of para-hydroxylation sites is 2. The number of nitrogens with zero attached hydrogens (tertiary/aromatic N) is 4. The third-order valence-electron chi connectivity index (χ3n) is 9.18. The maximum Gasteiger partial charge on any atom is 0.254 e. The van der Waals surface area contributed by atoms with Crippen LogP contribution < -0.4 is 5.32 Å². The zero-order valence-corrected chi connectivity index (χ0v) is 22.4. The molecule has 0 saturated carbocycles. The van der Waals surface area contributed by atoms with Crippen LogP contribution in [0.25, 0.3) is 11.0 Å². The van der Waals surface area contributed by atoms with Crippen LogP contribution in [0.1, 0.15) is 61.1 Å². The Morgan fingerprint density at radius 2 is 1.76 bits per heavy atom. The van der Waals surface area contributed by atoms with Crippen molar-refractivity contribution in [2.75, 3.05) is 19.6 Å². The van der Waals surface area contributed by atoms with E-state index in [9.17, 15) is 9.59 Å². The highest BCUT2D eigenvalue weighted by Gasteiger charge is 2.49. The van der Waals surface area contributed by atoms with Crippen LogP contribution in [0.4, 0.5) is 0 Å². The molecule has 4 heterocycles. The molecule has 2 aromatic carbocycles. The molecule has 0 spiro atoms. The quantitative estimate of drug-likeness (QED) is 0.509. The largest absolute Gasteiger partial charge is 0.349 e. The van der Waals surface area contributed by atoms with E-state index in [2.05, 4.69) is 20.1 Å². The van der Waals surface area contributed by atoms with Crippen molar-refractivity contribution >= 4 is 22.8 Å². The van der Waals surface area contributed by atoms with Crippen molar-refractivity contribution in [2.24, 2.45) is 18.9 Å². The number of piperidine rings is 3. The molecule has 3 fully saturated rings. The first-order valence-electron chi connectivity index (χ1n) is 14.4. The lowest BCUT2D eigenvalue weighted by Crippen LogP contribution is -2.65. The van der Waals surface area contributed by atoms with Gasteiger partial charge in [0.15, 0.2) is 0 Å². The van der Waals surface area contributed by atoms with Crippen molar-refractivity contribution in [3.8, 4) is 0 Å². The molecular formula is C31H39N5O2. The molecule has 0 radical (unpaired) electrons. The summed E-state index contributed by atoms with van der Waals surface area (Å²) in [6, 6.07) is 18.6. The van der Waals surface area contributed by atoms with Gasteiger partial charge in [0.25, 0.3) is 5.91 Å². The number of hydrogen-bond acceptors (Lipinski definition) is 4. The highest BCUT2D eigenvalue weighted by atomic mass is 16.2. The number of hydrogen-bond donors (Lipinski definition) is 1. The van der Waals surface area contributed by atoms with Crippen molar-refractivity contribution in [1.29, 1.82) is 0 Å². The highest BCUT2D eigenvalue weighted by Crippen LogP contribution is 2.43. The van der Waals surface area contributed by atoms with E-state index in [-0.39, 0.29) is 17.9 Å². The second-order valence-corrected chi connectivity index (χ2v) is 11.4. The van der Waals surface area contributed by atoms with E-state index in [1.54, 1.807) is 0 Å². The second-order valence-electron chi connectivity index (χ2n) is 11.4. The summed E-state index contributed by atoms with van der Waals surface area (Å²) >= 11 is 0. The van der Waals surface area contributed by atoms with Gasteiger partial charge in [0.2, 0.25) is 5.91 Å². The molecule has 4 atom stereocenters. The van der Waals surface area contributed by atoms with E-state index in [1.807, 2.05) is 66.2 Å². The van der Waals surface area contributed by atoms with Crippen LogP contribution in [0.15, 0.2) is 54.6 Å². The number of fused-ring (bicyclic) bond motifs is 1. The van der Waals surface area contributed by atoms with Crippen LogP contribution in [-0.4, -0.2) is 62.9 Å². The van der Waals surface area contributed by atoms with Crippen molar-refractivity contribution in [2.45, 2.75) is 63.6 Å². The molecule has 1 aromatic heterocycles. The molecule has 0 unspecified atom stereocenters. The molecule has 3 aliphatic heterocycles. The van der Waals surface area contributed by atoms with Crippen molar-refractivity contribution < 1.29 is 9.59 Å². The van der Waals surface area contributed by atoms with Gasteiger partial charge in [-0.25, -0.2) is 4.98 Å². The number of rotatable bonds is 7. The third-order valence-corrected chi connectivity index (χ3v) is 9.18. The molecule has 3 saturated heterocycles. The Labute approximate surface area is 225 Å². The average Bonchev–Trinajstić information content (AvgIpc) is 3.28. The SMILES string of the molecule is Cn1c(CNC(=O)CCC[C@@H]2[C@H]3CCCN4CCC[C@@H](CN2C(=O)c2ccccc2)[C@@H]34)nc2ccccc21. The summed E-state index contributed by atoms with van der Waals surface area (Å²) in [4.78, 5) is 36.1. The molecule has 3 aliphatic rings. The minimum absolute atomic E-state index is 0.0506. The Balaban J connectivity index is 1.12. The second kappa shape index (κ2) is 10.9. The number of aryl methyl sites for hydroxylation is 1. The average molecular weight is 514 g/mol. The molecule has 0 aliphatic carbocycles. The molecule has 1 N–H and O–H groups in total. The molecule has 38 heavy (non-hydrogen) atoms. The fourth-order valence-electron chi connectivity index (χ4n) is 7.44. The number of imidazole rings is 1. The van der Waals surface area contributed by atoms with Gasteiger partial charge >= 0.3 is 0 Å². The summed E-state index contributed by atoms with van der Waals surface area (Å²) in [7, 11) is 1.99. The number of carbonyl (C=O) groups is 2. The smallest absolute Gasteiger partial charge is 0.254 e. The van der Waals surface area contributed by atoms with E-state index in [0.29, 0.717) is 30.8 Å². The van der Waals surface area contributed by atoms with Gasteiger partial charge < -0.3 is 14.8 Å². The normalized spacial score (nSPS) is 25.2. The van der Waals surface area contributed by atoms with Gasteiger partial charge in [0.1, 0.15) is 5.82 Å². The molecule has 7 heteroatoms. The van der Waals surface area contributed by atoms with E-state index < -0.39 is 0 Å². The maximum atomic E-state index is 13.7. The van der Waals surface area contributed by atoms with Crippen LogP contribution >= 0.6 is 0 Å². The summed E-state index contributed by atoms with van der Waals surface area (Å²) < 4.78 is 2.04. The Morgan fingerprint density at radius 1 is 1.00 bits per heavy atom. The maximum absolute atomic E-state index is 13.7. The van der Waals surface area contributed by atoms with Gasteiger partial charge in [0.05, 0.1) is 17.6 Å². The van der Waals surface area contributed by atoms with Gasteiger partial charge in [-0.15, -0.1) is 0 Å². The Hall–Kier alpha value is -3.19. The topological polar surface area (TPSA) is 70.5 Å². The molecular weight excluding hydrogens is 474 g/mol. The van der Waals surface area contributed by atoms with E-state index >= 15 is 0 Å². The molecule has 3 aromatic rings. The summed E-state index contributed by atoms with van der Waals surface area (Å²) in [6.45, 7) is 3.66. The number of nitrogens with one attached hydrogen (secondary N) is 1. The van der Waals surface area contributed by atoms with Crippen molar-refractivity contribution in [3.63, 3.8) is 0 Å². The molecule has 0 bridgehead atoms. The number of aromatic nitrogens is 2. The fourth-order valence-corrected chi connectivity index (χ4v) is 7.44. The number of likely N-dealkylation sites (tertiary alicyclic amines) is 1. The zero-order chi connectivity index (χ0) is 26.1. The van der Waals surface area contributed by atoms with Gasteiger partial charge in [-0.3, -0.25) is 14.5 Å². The Morgan fingerprint density at radius 3 is 2.58 bits per heavy atom.